The molecule has 0 amide bonds. The van der Waals surface area contributed by atoms with E-state index < -0.39 is 15.0 Å². The van der Waals surface area contributed by atoms with Crippen LogP contribution >= 0.6 is 34.8 Å². The number of anilines is 4. The largest absolute Gasteiger partial charge is 0.324 e. The summed E-state index contributed by atoms with van der Waals surface area (Å²) < 4.78 is 33.0. The molecule has 2 aromatic heterocycles. The summed E-state index contributed by atoms with van der Waals surface area (Å²) in [5.74, 6) is -0.0996. The van der Waals surface area contributed by atoms with Gasteiger partial charge in [-0.3, -0.25) is 4.55 Å². The van der Waals surface area contributed by atoms with Gasteiger partial charge >= 0.3 is 0 Å². The predicted molar refractivity (Wildman–Crippen MR) is 96.3 cm³/mol. The summed E-state index contributed by atoms with van der Waals surface area (Å²) in [6.07, 6.45) is 2.26. The first kappa shape index (κ1) is 19.4. The van der Waals surface area contributed by atoms with E-state index in [2.05, 4.69) is 46.9 Å². The fourth-order valence-electron chi connectivity index (χ4n) is 1.86. The fraction of sp³-hybridized carbons (Fsp3) is 0. The molecule has 1 aromatic carbocycles. The first-order chi connectivity index (χ1) is 12.7. The van der Waals surface area contributed by atoms with Crippen LogP contribution in [0.2, 0.25) is 15.9 Å². The topological polar surface area (TPSA) is 156 Å². The molecule has 139 valence electrons. The van der Waals surface area contributed by atoms with Crippen molar-refractivity contribution in [2.24, 2.45) is 0 Å². The maximum absolute atomic E-state index is 11.8. The lowest BCUT2D eigenvalue weighted by Gasteiger charge is -2.12. The number of hydrogen-bond donors (Lipinski definition) is 3. The Balaban J connectivity index is 1.97. The van der Waals surface area contributed by atoms with Crippen molar-refractivity contribution in [3.63, 3.8) is 0 Å². The molecule has 15 heteroatoms. The van der Waals surface area contributed by atoms with Gasteiger partial charge in [0.25, 0.3) is 10.1 Å². The monoisotopic (exact) mass is 447 g/mol. The first-order valence-electron chi connectivity index (χ1n) is 6.71. The number of aromatic nitrogens is 6. The van der Waals surface area contributed by atoms with E-state index in [-0.39, 0.29) is 39.1 Å². The molecule has 0 aliphatic carbocycles. The lowest BCUT2D eigenvalue weighted by molar-refractivity contribution is 0.483. The standard InChI is InChI=1S/C12H6Cl3N8O3S/c13-8-16-4-17-11(21-8)18-5-1-2-6(7(3-5)27(24,25)26)19-12-22-9(14)20-10(15)23-12/h1-3H,(H,24,25,26)(H,16,17,18,21)(H,19,20,22,23). The molecule has 3 N–H and O–H groups in total. The summed E-state index contributed by atoms with van der Waals surface area (Å²) in [6.45, 7) is 0. The smallest absolute Gasteiger partial charge is 0.296 e. The Bertz CT molecular complexity index is 1090. The summed E-state index contributed by atoms with van der Waals surface area (Å²) in [4.78, 5) is 21.6. The average molecular weight is 449 g/mol. The molecule has 0 atom stereocenters. The number of hydrogen-bond acceptors (Lipinski definition) is 10. The van der Waals surface area contributed by atoms with Crippen LogP contribution in [0.25, 0.3) is 0 Å². The van der Waals surface area contributed by atoms with Crippen LogP contribution in [0, 0.1) is 6.33 Å². The van der Waals surface area contributed by atoms with E-state index in [0.29, 0.717) is 0 Å². The summed E-state index contributed by atoms with van der Waals surface area (Å²) in [5, 5.41) is 4.79. The molecule has 0 bridgehead atoms. The molecule has 0 aliphatic heterocycles. The number of rotatable bonds is 5. The Morgan fingerprint density at radius 3 is 2.19 bits per heavy atom. The maximum Gasteiger partial charge on any atom is 0.296 e. The highest BCUT2D eigenvalue weighted by Gasteiger charge is 2.18. The van der Waals surface area contributed by atoms with Gasteiger partial charge in [-0.15, -0.1) is 0 Å². The molecular formula is C12H6Cl3N8O3S. The number of nitrogens with zero attached hydrogens (tertiary/aromatic N) is 6. The molecule has 3 rings (SSSR count). The highest BCUT2D eigenvalue weighted by atomic mass is 35.5. The molecule has 2 heterocycles. The number of nitrogens with one attached hydrogen (secondary N) is 2. The van der Waals surface area contributed by atoms with Gasteiger partial charge < -0.3 is 10.6 Å². The van der Waals surface area contributed by atoms with Crippen LogP contribution in [0.4, 0.5) is 23.3 Å². The molecule has 0 unspecified atom stereocenters. The summed E-state index contributed by atoms with van der Waals surface area (Å²) in [7, 11) is -4.62. The Morgan fingerprint density at radius 2 is 1.56 bits per heavy atom. The van der Waals surface area contributed by atoms with Gasteiger partial charge in [-0.1, -0.05) is 0 Å². The van der Waals surface area contributed by atoms with E-state index in [9.17, 15) is 13.0 Å². The lowest BCUT2D eigenvalue weighted by atomic mass is 10.3. The molecule has 27 heavy (non-hydrogen) atoms. The Kier molecular flexibility index (Phi) is 5.53. The second kappa shape index (κ2) is 7.70. The highest BCUT2D eigenvalue weighted by Crippen LogP contribution is 2.28. The van der Waals surface area contributed by atoms with Crippen molar-refractivity contribution in [2.75, 3.05) is 10.6 Å². The van der Waals surface area contributed by atoms with Crippen molar-refractivity contribution >= 4 is 68.2 Å². The molecule has 11 nitrogen and oxygen atoms in total. The quantitative estimate of drug-likeness (QED) is 0.493. The molecule has 0 saturated carbocycles. The highest BCUT2D eigenvalue weighted by molar-refractivity contribution is 7.86. The van der Waals surface area contributed by atoms with Crippen LogP contribution < -0.4 is 10.6 Å². The van der Waals surface area contributed by atoms with Gasteiger partial charge in [-0.05, 0) is 53.0 Å². The molecule has 1 radical (unpaired) electrons. The normalized spacial score (nSPS) is 11.3. The van der Waals surface area contributed by atoms with E-state index in [1.54, 1.807) is 0 Å². The van der Waals surface area contributed by atoms with Crippen LogP contribution in [0.1, 0.15) is 0 Å². The van der Waals surface area contributed by atoms with Gasteiger partial charge in [0.05, 0.1) is 5.69 Å². The average Bonchev–Trinajstić information content (AvgIpc) is 2.54. The van der Waals surface area contributed by atoms with E-state index in [1.165, 1.54) is 12.1 Å². The SMILES string of the molecule is O=S(=O)(O)c1cc(Nc2n[c]nc(Cl)n2)ccc1Nc1nc(Cl)nc(Cl)n1. The first-order valence-corrected chi connectivity index (χ1v) is 9.28. The van der Waals surface area contributed by atoms with E-state index in [1.807, 2.05) is 0 Å². The van der Waals surface area contributed by atoms with Crippen molar-refractivity contribution in [1.29, 1.82) is 0 Å². The second-order valence-corrected chi connectivity index (χ2v) is 7.07. The molecular weight excluding hydrogens is 443 g/mol. The Labute approximate surface area is 167 Å². The van der Waals surface area contributed by atoms with Gasteiger partial charge in [0.15, 0.2) is 0 Å². The van der Waals surface area contributed by atoms with Crippen molar-refractivity contribution in [1.82, 2.24) is 29.9 Å². The van der Waals surface area contributed by atoms with Gasteiger partial charge in [0, 0.05) is 5.69 Å². The number of halogens is 3. The minimum Gasteiger partial charge on any atom is -0.324 e. The van der Waals surface area contributed by atoms with Gasteiger partial charge in [0.2, 0.25) is 34.1 Å². The molecule has 0 fully saturated rings. The summed E-state index contributed by atoms with van der Waals surface area (Å²) in [6, 6.07) is 3.93. The van der Waals surface area contributed by atoms with E-state index in [0.717, 1.165) is 6.07 Å². The van der Waals surface area contributed by atoms with Crippen LogP contribution in [-0.2, 0) is 10.1 Å². The molecule has 3 aromatic rings. The van der Waals surface area contributed by atoms with Gasteiger partial charge in [-0.2, -0.15) is 38.3 Å². The molecule has 0 spiro atoms. The minimum absolute atomic E-state index is 0.0213. The van der Waals surface area contributed by atoms with Gasteiger partial charge in [0.1, 0.15) is 4.90 Å². The summed E-state index contributed by atoms with van der Waals surface area (Å²) in [5.41, 5.74) is 0.192. The maximum atomic E-state index is 11.8. The van der Waals surface area contributed by atoms with Crippen LogP contribution in [0.3, 0.4) is 0 Å². The van der Waals surface area contributed by atoms with E-state index >= 15 is 0 Å². The number of benzene rings is 1. The molecule has 0 saturated heterocycles. The lowest BCUT2D eigenvalue weighted by Crippen LogP contribution is -2.07. The van der Waals surface area contributed by atoms with Gasteiger partial charge in [-0.25, -0.2) is 0 Å². The zero-order valence-electron chi connectivity index (χ0n) is 12.7. The third-order valence-electron chi connectivity index (χ3n) is 2.84. The van der Waals surface area contributed by atoms with Crippen LogP contribution in [0.15, 0.2) is 23.1 Å². The van der Waals surface area contributed by atoms with Crippen molar-refractivity contribution in [3.8, 4) is 0 Å². The Morgan fingerprint density at radius 1 is 0.889 bits per heavy atom. The zero-order valence-corrected chi connectivity index (χ0v) is 15.8. The minimum atomic E-state index is -4.62. The van der Waals surface area contributed by atoms with Crippen molar-refractivity contribution < 1.29 is 13.0 Å². The zero-order chi connectivity index (χ0) is 19.6. The van der Waals surface area contributed by atoms with Crippen molar-refractivity contribution in [2.45, 2.75) is 4.90 Å². The fourth-order valence-corrected chi connectivity index (χ4v) is 3.01. The Hall–Kier alpha value is -2.38. The van der Waals surface area contributed by atoms with Crippen molar-refractivity contribution in [3.05, 3.63) is 40.4 Å². The van der Waals surface area contributed by atoms with E-state index in [4.69, 9.17) is 34.8 Å². The predicted octanol–water partition coefficient (Wildman–Crippen LogP) is 2.55. The third-order valence-corrected chi connectivity index (χ3v) is 4.24. The molecule has 0 aliphatic rings. The second-order valence-electron chi connectivity index (χ2n) is 4.66. The third kappa shape index (κ3) is 5.08. The summed E-state index contributed by atoms with van der Waals surface area (Å²) >= 11 is 17.0. The van der Waals surface area contributed by atoms with Crippen LogP contribution in [-0.4, -0.2) is 42.9 Å². The van der Waals surface area contributed by atoms with Crippen LogP contribution in [0.5, 0.6) is 0 Å².